The van der Waals surface area contributed by atoms with Crippen molar-refractivity contribution in [2.24, 2.45) is 0 Å². The van der Waals surface area contributed by atoms with E-state index in [9.17, 15) is 5.26 Å². The fourth-order valence-electron chi connectivity index (χ4n) is 4.26. The number of piperidine rings is 1. The van der Waals surface area contributed by atoms with Crippen LogP contribution in [0.1, 0.15) is 48.9 Å². The number of nitrogens with one attached hydrogen (secondary N) is 1. The molecular weight excluding hydrogens is 440 g/mol. The summed E-state index contributed by atoms with van der Waals surface area (Å²) in [4.78, 5) is 8.56. The molecule has 1 atom stereocenters. The van der Waals surface area contributed by atoms with Gasteiger partial charge in [0.25, 0.3) is 0 Å². The summed E-state index contributed by atoms with van der Waals surface area (Å²) >= 11 is 5.92. The Labute approximate surface area is 196 Å². The minimum Gasteiger partial charge on any atom is -0.471 e. The van der Waals surface area contributed by atoms with Crippen LogP contribution in [0.4, 0.5) is 0 Å². The van der Waals surface area contributed by atoms with Gasteiger partial charge in [0.1, 0.15) is 34.4 Å². The van der Waals surface area contributed by atoms with Crippen LogP contribution < -0.4 is 10.1 Å². The molecule has 0 aromatic carbocycles. The molecule has 168 valence electrons. The zero-order valence-electron chi connectivity index (χ0n) is 18.4. The Kier molecular flexibility index (Phi) is 5.70. The van der Waals surface area contributed by atoms with E-state index in [4.69, 9.17) is 16.3 Å². The third-order valence-electron chi connectivity index (χ3n) is 6.06. The fraction of sp³-hybridized carbons (Fsp3) is 0.348. The first-order valence-electron chi connectivity index (χ1n) is 10.9. The van der Waals surface area contributed by atoms with Gasteiger partial charge in [0.05, 0.1) is 17.9 Å². The lowest BCUT2D eigenvalue weighted by Crippen LogP contribution is -2.30. The second kappa shape index (κ2) is 8.81. The van der Waals surface area contributed by atoms with Crippen molar-refractivity contribution in [3.05, 3.63) is 58.8 Å². The predicted molar refractivity (Wildman–Crippen MR) is 123 cm³/mol. The Morgan fingerprint density at radius 2 is 2.03 bits per heavy atom. The zero-order valence-corrected chi connectivity index (χ0v) is 19.1. The number of imidazole rings is 1. The Hall–Kier alpha value is -3.48. The normalized spacial score (nSPS) is 15.5. The number of rotatable bonds is 5. The molecule has 1 N–H and O–H groups in total. The van der Waals surface area contributed by atoms with Crippen LogP contribution in [-0.4, -0.2) is 42.5 Å². The van der Waals surface area contributed by atoms with Crippen molar-refractivity contribution in [1.82, 2.24) is 34.7 Å². The molecule has 0 bridgehead atoms. The van der Waals surface area contributed by atoms with Gasteiger partial charge in [-0.15, -0.1) is 5.10 Å². The van der Waals surface area contributed by atoms with Gasteiger partial charge in [-0.25, -0.2) is 14.6 Å². The van der Waals surface area contributed by atoms with Crippen molar-refractivity contribution in [2.45, 2.75) is 38.8 Å². The van der Waals surface area contributed by atoms with E-state index in [-0.39, 0.29) is 6.10 Å². The molecule has 5 heterocycles. The molecule has 10 heteroatoms. The Bertz CT molecular complexity index is 1330. The lowest BCUT2D eigenvalue weighted by Gasteiger charge is -2.23. The highest BCUT2D eigenvalue weighted by Gasteiger charge is 2.22. The minimum atomic E-state index is -0.325. The molecule has 1 unspecified atom stereocenters. The van der Waals surface area contributed by atoms with Crippen LogP contribution in [-0.2, 0) is 0 Å². The number of pyridine rings is 2. The van der Waals surface area contributed by atoms with Crippen LogP contribution in [0.2, 0.25) is 5.15 Å². The van der Waals surface area contributed by atoms with Crippen LogP contribution in [0.5, 0.6) is 5.88 Å². The fourth-order valence-corrected chi connectivity index (χ4v) is 4.37. The molecule has 1 aliphatic rings. The number of hydrogen-bond donors (Lipinski definition) is 1. The smallest absolute Gasteiger partial charge is 0.201 e. The molecule has 4 aromatic heterocycles. The van der Waals surface area contributed by atoms with E-state index in [1.807, 2.05) is 36.7 Å². The Morgan fingerprint density at radius 3 is 2.76 bits per heavy atom. The number of nitriles is 1. The molecule has 9 nitrogen and oxygen atoms in total. The summed E-state index contributed by atoms with van der Waals surface area (Å²) in [5.41, 5.74) is 4.48. The van der Waals surface area contributed by atoms with Gasteiger partial charge in [-0.05, 0) is 51.9 Å². The zero-order chi connectivity index (χ0) is 22.9. The average Bonchev–Trinajstić information content (AvgIpc) is 3.43. The number of halogens is 1. The predicted octanol–water partition coefficient (Wildman–Crippen LogP) is 3.89. The molecule has 1 fully saturated rings. The number of hydrogen-bond acceptors (Lipinski definition) is 7. The summed E-state index contributed by atoms with van der Waals surface area (Å²) in [5.74, 6) is 0.495. The second-order valence-corrected chi connectivity index (χ2v) is 8.54. The monoisotopic (exact) mass is 462 g/mol. The first-order chi connectivity index (χ1) is 16.0. The molecule has 0 aliphatic carbocycles. The van der Waals surface area contributed by atoms with E-state index >= 15 is 0 Å². The highest BCUT2D eigenvalue weighted by atomic mass is 35.5. The van der Waals surface area contributed by atoms with Crippen molar-refractivity contribution >= 4 is 17.2 Å². The number of ether oxygens (including phenoxy) is 1. The van der Waals surface area contributed by atoms with Crippen molar-refractivity contribution in [2.75, 3.05) is 13.1 Å². The third kappa shape index (κ3) is 4.03. The van der Waals surface area contributed by atoms with Crippen LogP contribution in [0, 0.1) is 18.3 Å². The highest BCUT2D eigenvalue weighted by Crippen LogP contribution is 2.32. The summed E-state index contributed by atoms with van der Waals surface area (Å²) < 4.78 is 10.0. The summed E-state index contributed by atoms with van der Waals surface area (Å²) in [6.07, 6.45) is 4.94. The quantitative estimate of drug-likeness (QED) is 0.448. The minimum absolute atomic E-state index is 0.325. The molecule has 4 aromatic rings. The van der Waals surface area contributed by atoms with Gasteiger partial charge in [0.2, 0.25) is 5.88 Å². The lowest BCUT2D eigenvalue weighted by molar-refractivity contribution is 0.214. The molecule has 1 aliphatic heterocycles. The molecule has 1 saturated heterocycles. The van der Waals surface area contributed by atoms with E-state index < -0.39 is 0 Å². The van der Waals surface area contributed by atoms with E-state index in [1.54, 1.807) is 22.9 Å². The topological polar surface area (TPSA) is 106 Å². The summed E-state index contributed by atoms with van der Waals surface area (Å²) in [6, 6.07) is 9.91. The molecular formula is C23H23ClN8O. The van der Waals surface area contributed by atoms with Gasteiger partial charge in [-0.3, -0.25) is 4.40 Å². The van der Waals surface area contributed by atoms with Gasteiger partial charge < -0.3 is 10.1 Å². The molecule has 5 rings (SSSR count). The summed E-state index contributed by atoms with van der Waals surface area (Å²) in [5, 5.41) is 22.3. The summed E-state index contributed by atoms with van der Waals surface area (Å²) in [6.45, 7) is 5.92. The lowest BCUT2D eigenvalue weighted by atomic mass is 10.1. The van der Waals surface area contributed by atoms with Gasteiger partial charge in [0.15, 0.2) is 0 Å². The summed E-state index contributed by atoms with van der Waals surface area (Å²) in [7, 11) is 0. The number of aromatic nitrogens is 6. The first kappa shape index (κ1) is 21.4. The van der Waals surface area contributed by atoms with E-state index in [0.29, 0.717) is 28.4 Å². The van der Waals surface area contributed by atoms with Gasteiger partial charge in [-0.1, -0.05) is 22.9 Å². The highest BCUT2D eigenvalue weighted by molar-refractivity contribution is 6.29. The van der Waals surface area contributed by atoms with Gasteiger partial charge in [-0.2, -0.15) is 5.26 Å². The number of nitrogens with zero attached hydrogens (tertiary/aromatic N) is 7. The molecule has 33 heavy (non-hydrogen) atoms. The second-order valence-electron chi connectivity index (χ2n) is 8.15. The SMILES string of the molecule is Cc1c(-c2cc(OC(C)c3ccc(Cl)nc3)n3c(C#N)cnc3c2)nnn1C1CCNCC1. The van der Waals surface area contributed by atoms with Crippen molar-refractivity contribution in [1.29, 1.82) is 5.26 Å². The van der Waals surface area contributed by atoms with E-state index in [0.717, 1.165) is 48.4 Å². The standard InChI is InChI=1S/C23H23ClN8O/c1-14-23(29-30-32(14)18-5-7-26-8-6-18)17-9-21-28-13-19(11-25)31(21)22(10-17)33-15(2)16-3-4-20(24)27-12-16/h3-4,9-10,12-13,15,18,26H,5-8H2,1-2H3. The number of fused-ring (bicyclic) bond motifs is 1. The van der Waals surface area contributed by atoms with Crippen LogP contribution in [0.25, 0.3) is 16.9 Å². The maximum absolute atomic E-state index is 9.59. The third-order valence-corrected chi connectivity index (χ3v) is 6.28. The van der Waals surface area contributed by atoms with Crippen LogP contribution >= 0.6 is 11.6 Å². The van der Waals surface area contributed by atoms with Crippen molar-refractivity contribution in [3.8, 4) is 23.2 Å². The van der Waals surface area contributed by atoms with Crippen LogP contribution in [0.3, 0.4) is 0 Å². The van der Waals surface area contributed by atoms with E-state index in [1.165, 1.54) is 0 Å². The largest absolute Gasteiger partial charge is 0.471 e. The Balaban J connectivity index is 1.55. The molecule has 0 radical (unpaired) electrons. The molecule has 0 saturated carbocycles. The average molecular weight is 463 g/mol. The van der Waals surface area contributed by atoms with Gasteiger partial charge in [0, 0.05) is 23.4 Å². The van der Waals surface area contributed by atoms with Crippen molar-refractivity contribution < 1.29 is 4.74 Å². The van der Waals surface area contributed by atoms with Crippen LogP contribution in [0.15, 0.2) is 36.7 Å². The van der Waals surface area contributed by atoms with Gasteiger partial charge >= 0.3 is 0 Å². The van der Waals surface area contributed by atoms with Crippen molar-refractivity contribution in [3.63, 3.8) is 0 Å². The maximum Gasteiger partial charge on any atom is 0.201 e. The Morgan fingerprint density at radius 1 is 1.21 bits per heavy atom. The van der Waals surface area contributed by atoms with E-state index in [2.05, 4.69) is 31.7 Å². The first-order valence-corrected chi connectivity index (χ1v) is 11.3. The molecule has 0 amide bonds. The maximum atomic E-state index is 9.59. The molecule has 0 spiro atoms.